The fourth-order valence-corrected chi connectivity index (χ4v) is 2.18. The van der Waals surface area contributed by atoms with Crippen LogP contribution in [0.3, 0.4) is 0 Å². The molecule has 4 nitrogen and oxygen atoms in total. The highest BCUT2D eigenvalue weighted by molar-refractivity contribution is 6.30. The minimum atomic E-state index is 0.589. The van der Waals surface area contributed by atoms with E-state index in [4.69, 9.17) is 16.0 Å². The molecule has 0 atom stereocenters. The zero-order valence-electron chi connectivity index (χ0n) is 10.8. The summed E-state index contributed by atoms with van der Waals surface area (Å²) in [5, 5.41) is 3.98. The van der Waals surface area contributed by atoms with Crippen LogP contribution in [0.5, 0.6) is 0 Å². The Hall–Kier alpha value is -1.36. The van der Waals surface area contributed by atoms with Crippen LogP contribution in [-0.2, 0) is 6.54 Å². The number of benzene rings is 1. The third-order valence-electron chi connectivity index (χ3n) is 3.45. The summed E-state index contributed by atoms with van der Waals surface area (Å²) in [6.45, 7) is 2.82. The van der Waals surface area contributed by atoms with Gasteiger partial charge in [-0.2, -0.15) is 0 Å². The number of nitrogens with one attached hydrogen (secondary N) is 1. The third kappa shape index (κ3) is 2.81. The third-order valence-corrected chi connectivity index (χ3v) is 3.70. The maximum absolute atomic E-state index is 5.87. The molecule has 1 aromatic heterocycles. The van der Waals surface area contributed by atoms with Crippen LogP contribution in [0, 0.1) is 0 Å². The summed E-state index contributed by atoms with van der Waals surface area (Å²) in [6.07, 6.45) is 1.77. The van der Waals surface area contributed by atoms with Gasteiger partial charge in [0.1, 0.15) is 0 Å². The zero-order chi connectivity index (χ0) is 13.2. The Morgan fingerprint density at radius 3 is 2.74 bits per heavy atom. The molecule has 19 heavy (non-hydrogen) atoms. The van der Waals surface area contributed by atoms with Gasteiger partial charge in [-0.05, 0) is 31.3 Å². The molecule has 100 valence electrons. The van der Waals surface area contributed by atoms with Crippen LogP contribution in [0.15, 0.2) is 34.9 Å². The van der Waals surface area contributed by atoms with E-state index >= 15 is 0 Å². The topological polar surface area (TPSA) is 41.3 Å². The Bertz CT molecular complexity index is 548. The van der Waals surface area contributed by atoms with Crippen LogP contribution in [0.1, 0.15) is 5.89 Å². The van der Waals surface area contributed by atoms with E-state index in [2.05, 4.69) is 22.2 Å². The molecule has 1 aliphatic rings. The molecule has 0 spiro atoms. The van der Waals surface area contributed by atoms with Gasteiger partial charge in [0.15, 0.2) is 5.76 Å². The Kier molecular flexibility index (Phi) is 3.55. The molecule has 0 unspecified atom stereocenters. The standard InChI is InChI=1S/C14H16ClN3O/c1-18(12-6-16-7-12)9-14-17-8-13(19-14)10-2-4-11(15)5-3-10/h2-5,8,12,16H,6-7,9H2,1H3. The lowest BCUT2D eigenvalue weighted by molar-refractivity contribution is 0.160. The quantitative estimate of drug-likeness (QED) is 0.932. The number of hydrogen-bond acceptors (Lipinski definition) is 4. The molecule has 5 heteroatoms. The lowest BCUT2D eigenvalue weighted by atomic mass is 10.1. The number of oxazole rings is 1. The van der Waals surface area contributed by atoms with Crippen molar-refractivity contribution in [3.63, 3.8) is 0 Å². The molecule has 2 aromatic rings. The van der Waals surface area contributed by atoms with E-state index in [0.29, 0.717) is 6.04 Å². The fraction of sp³-hybridized carbons (Fsp3) is 0.357. The van der Waals surface area contributed by atoms with Crippen molar-refractivity contribution in [3.8, 4) is 11.3 Å². The molecule has 1 aliphatic heterocycles. The number of likely N-dealkylation sites (N-methyl/N-ethyl adjacent to an activating group) is 1. The summed E-state index contributed by atoms with van der Waals surface area (Å²) in [6, 6.07) is 8.17. The largest absolute Gasteiger partial charge is 0.439 e. The van der Waals surface area contributed by atoms with Crippen molar-refractivity contribution in [2.24, 2.45) is 0 Å². The van der Waals surface area contributed by atoms with E-state index in [-0.39, 0.29) is 0 Å². The summed E-state index contributed by atoms with van der Waals surface area (Å²) >= 11 is 5.87. The SMILES string of the molecule is CN(Cc1ncc(-c2ccc(Cl)cc2)o1)C1CNC1. The van der Waals surface area contributed by atoms with Gasteiger partial charge in [-0.3, -0.25) is 4.90 Å². The molecule has 0 amide bonds. The van der Waals surface area contributed by atoms with Gasteiger partial charge in [0.05, 0.1) is 12.7 Å². The smallest absolute Gasteiger partial charge is 0.209 e. The summed E-state index contributed by atoms with van der Waals surface area (Å²) in [7, 11) is 2.09. The van der Waals surface area contributed by atoms with E-state index < -0.39 is 0 Å². The predicted octanol–water partition coefficient (Wildman–Crippen LogP) is 2.40. The molecule has 1 fully saturated rings. The van der Waals surface area contributed by atoms with Crippen LogP contribution >= 0.6 is 11.6 Å². The summed E-state index contributed by atoms with van der Waals surface area (Å²) in [5.74, 6) is 1.53. The number of nitrogens with zero attached hydrogens (tertiary/aromatic N) is 2. The first-order valence-electron chi connectivity index (χ1n) is 6.34. The number of aromatic nitrogens is 1. The van der Waals surface area contributed by atoms with E-state index in [1.807, 2.05) is 24.3 Å². The summed E-state index contributed by atoms with van der Waals surface area (Å²) in [4.78, 5) is 6.59. The van der Waals surface area contributed by atoms with Gasteiger partial charge in [0, 0.05) is 29.7 Å². The van der Waals surface area contributed by atoms with Crippen molar-refractivity contribution < 1.29 is 4.42 Å². The zero-order valence-corrected chi connectivity index (χ0v) is 11.5. The van der Waals surface area contributed by atoms with Gasteiger partial charge in [-0.25, -0.2) is 4.98 Å². The second-order valence-electron chi connectivity index (χ2n) is 4.85. The van der Waals surface area contributed by atoms with Crippen LogP contribution in [0.4, 0.5) is 0 Å². The first kappa shape index (κ1) is 12.7. The average Bonchev–Trinajstić information content (AvgIpc) is 2.76. The first-order chi connectivity index (χ1) is 9.22. The van der Waals surface area contributed by atoms with E-state index in [0.717, 1.165) is 41.9 Å². The fourth-order valence-electron chi connectivity index (χ4n) is 2.06. The van der Waals surface area contributed by atoms with Gasteiger partial charge in [0.2, 0.25) is 5.89 Å². The van der Waals surface area contributed by atoms with Crippen LogP contribution in [0.2, 0.25) is 5.02 Å². The van der Waals surface area contributed by atoms with Gasteiger partial charge in [-0.15, -0.1) is 0 Å². The highest BCUT2D eigenvalue weighted by atomic mass is 35.5. The molecule has 0 radical (unpaired) electrons. The molecule has 0 bridgehead atoms. The highest BCUT2D eigenvalue weighted by Crippen LogP contribution is 2.23. The Morgan fingerprint density at radius 1 is 1.37 bits per heavy atom. The molecule has 1 aromatic carbocycles. The molecule has 2 heterocycles. The minimum Gasteiger partial charge on any atom is -0.439 e. The minimum absolute atomic E-state index is 0.589. The van der Waals surface area contributed by atoms with Crippen molar-refractivity contribution in [1.29, 1.82) is 0 Å². The maximum Gasteiger partial charge on any atom is 0.209 e. The maximum atomic E-state index is 5.87. The van der Waals surface area contributed by atoms with E-state index in [1.165, 1.54) is 0 Å². The molecule has 0 saturated carbocycles. The van der Waals surface area contributed by atoms with Gasteiger partial charge >= 0.3 is 0 Å². The molecular formula is C14H16ClN3O. The molecule has 3 rings (SSSR count). The van der Waals surface area contributed by atoms with Crippen molar-refractivity contribution in [2.45, 2.75) is 12.6 Å². The normalized spacial score (nSPS) is 15.7. The molecule has 1 saturated heterocycles. The van der Waals surface area contributed by atoms with Crippen molar-refractivity contribution in [1.82, 2.24) is 15.2 Å². The van der Waals surface area contributed by atoms with E-state index in [1.54, 1.807) is 6.20 Å². The van der Waals surface area contributed by atoms with Gasteiger partial charge in [0.25, 0.3) is 0 Å². The van der Waals surface area contributed by atoms with Crippen molar-refractivity contribution in [3.05, 3.63) is 41.4 Å². The van der Waals surface area contributed by atoms with Crippen LogP contribution < -0.4 is 5.32 Å². The van der Waals surface area contributed by atoms with Gasteiger partial charge < -0.3 is 9.73 Å². The summed E-state index contributed by atoms with van der Waals surface area (Å²) < 4.78 is 5.78. The van der Waals surface area contributed by atoms with Gasteiger partial charge in [-0.1, -0.05) is 11.6 Å². The Morgan fingerprint density at radius 2 is 2.11 bits per heavy atom. The van der Waals surface area contributed by atoms with Crippen molar-refractivity contribution in [2.75, 3.05) is 20.1 Å². The number of hydrogen-bond donors (Lipinski definition) is 1. The highest BCUT2D eigenvalue weighted by Gasteiger charge is 2.22. The van der Waals surface area contributed by atoms with Crippen LogP contribution in [0.25, 0.3) is 11.3 Å². The Balaban J connectivity index is 1.70. The van der Waals surface area contributed by atoms with E-state index in [9.17, 15) is 0 Å². The molecule has 0 aliphatic carbocycles. The monoisotopic (exact) mass is 277 g/mol. The average molecular weight is 278 g/mol. The number of rotatable bonds is 4. The van der Waals surface area contributed by atoms with Crippen LogP contribution in [-0.4, -0.2) is 36.1 Å². The van der Waals surface area contributed by atoms with Crippen molar-refractivity contribution >= 4 is 11.6 Å². The summed E-state index contributed by atoms with van der Waals surface area (Å²) in [5.41, 5.74) is 0.996. The lowest BCUT2D eigenvalue weighted by Gasteiger charge is -2.34. The number of halogens is 1. The lowest BCUT2D eigenvalue weighted by Crippen LogP contribution is -2.55. The first-order valence-corrected chi connectivity index (χ1v) is 6.72. The Labute approximate surface area is 117 Å². The second-order valence-corrected chi connectivity index (χ2v) is 5.29. The second kappa shape index (κ2) is 5.33. The molecular weight excluding hydrogens is 262 g/mol. The molecule has 1 N–H and O–H groups in total. The predicted molar refractivity (Wildman–Crippen MR) is 75.1 cm³/mol.